The van der Waals surface area contributed by atoms with E-state index in [0.29, 0.717) is 0 Å². The van der Waals surface area contributed by atoms with Gasteiger partial charge in [-0.05, 0) is 18.4 Å². The minimum atomic E-state index is 0.757. The van der Waals surface area contributed by atoms with Crippen LogP contribution in [0, 0.1) is 0 Å². The van der Waals surface area contributed by atoms with Gasteiger partial charge in [-0.2, -0.15) is 0 Å². The molecule has 0 aliphatic carbocycles. The van der Waals surface area contributed by atoms with Gasteiger partial charge in [0.25, 0.3) is 0 Å². The van der Waals surface area contributed by atoms with Crippen LogP contribution in [0.2, 0.25) is 0 Å². The molecular formula is C8H15F. The third-order valence-corrected chi connectivity index (χ3v) is 1.30. The summed E-state index contributed by atoms with van der Waals surface area (Å²) >= 11 is 0. The van der Waals surface area contributed by atoms with Gasteiger partial charge in [0.1, 0.15) is 0 Å². The molecule has 0 fully saturated rings. The molecule has 0 radical (unpaired) electrons. The Labute approximate surface area is 56.8 Å². The largest absolute Gasteiger partial charge is 0.216 e. The van der Waals surface area contributed by atoms with E-state index in [1.54, 1.807) is 0 Å². The average Bonchev–Trinajstić information content (AvgIpc) is 1.88. The molecule has 0 N–H and O–H groups in total. The molecule has 0 aromatic heterocycles. The summed E-state index contributed by atoms with van der Waals surface area (Å²) in [7, 11) is 0. The SMILES string of the molecule is CCCC(=CF)CCC. The molecule has 0 aliphatic rings. The summed E-state index contributed by atoms with van der Waals surface area (Å²) in [6.45, 7) is 4.14. The quantitative estimate of drug-likeness (QED) is 0.546. The van der Waals surface area contributed by atoms with Gasteiger partial charge >= 0.3 is 0 Å². The fraction of sp³-hybridized carbons (Fsp3) is 0.750. The van der Waals surface area contributed by atoms with Crippen LogP contribution in [0.5, 0.6) is 0 Å². The third kappa shape index (κ3) is 4.19. The van der Waals surface area contributed by atoms with E-state index in [1.807, 2.05) is 0 Å². The van der Waals surface area contributed by atoms with E-state index < -0.39 is 0 Å². The molecule has 0 unspecified atom stereocenters. The van der Waals surface area contributed by atoms with Crippen molar-refractivity contribution in [3.63, 3.8) is 0 Å². The lowest BCUT2D eigenvalue weighted by Crippen LogP contribution is -1.79. The second-order valence-corrected chi connectivity index (χ2v) is 2.27. The Morgan fingerprint density at radius 2 is 1.67 bits per heavy atom. The predicted molar refractivity (Wildman–Crippen MR) is 39.0 cm³/mol. The first kappa shape index (κ1) is 8.67. The van der Waals surface area contributed by atoms with Crippen LogP contribution < -0.4 is 0 Å². The third-order valence-electron chi connectivity index (χ3n) is 1.30. The molecule has 0 rings (SSSR count). The Bertz CT molecular complexity index is 76.6. The Hall–Kier alpha value is -0.330. The van der Waals surface area contributed by atoms with Crippen molar-refractivity contribution in [1.82, 2.24) is 0 Å². The highest BCUT2D eigenvalue weighted by Gasteiger charge is 1.92. The van der Waals surface area contributed by atoms with Crippen molar-refractivity contribution in [3.05, 3.63) is 11.9 Å². The first-order valence-electron chi connectivity index (χ1n) is 3.63. The molecule has 0 nitrogen and oxygen atoms in total. The molecule has 54 valence electrons. The fourth-order valence-corrected chi connectivity index (χ4v) is 0.876. The van der Waals surface area contributed by atoms with E-state index in [-0.39, 0.29) is 0 Å². The molecule has 0 aromatic carbocycles. The van der Waals surface area contributed by atoms with E-state index >= 15 is 0 Å². The second-order valence-electron chi connectivity index (χ2n) is 2.27. The summed E-state index contributed by atoms with van der Waals surface area (Å²) in [6, 6.07) is 0. The Morgan fingerprint density at radius 1 is 1.22 bits per heavy atom. The Balaban J connectivity index is 3.43. The minimum absolute atomic E-state index is 0.757. The maximum absolute atomic E-state index is 11.9. The first-order valence-corrected chi connectivity index (χ1v) is 3.63. The smallest absolute Gasteiger partial charge is 0.0858 e. The van der Waals surface area contributed by atoms with Crippen molar-refractivity contribution in [1.29, 1.82) is 0 Å². The van der Waals surface area contributed by atoms with Gasteiger partial charge < -0.3 is 0 Å². The molecular weight excluding hydrogens is 115 g/mol. The van der Waals surface area contributed by atoms with Crippen LogP contribution >= 0.6 is 0 Å². The number of allylic oxidation sites excluding steroid dienone is 1. The van der Waals surface area contributed by atoms with Crippen molar-refractivity contribution in [2.24, 2.45) is 0 Å². The molecule has 0 bridgehead atoms. The van der Waals surface area contributed by atoms with Gasteiger partial charge in [0, 0.05) is 0 Å². The lowest BCUT2D eigenvalue weighted by Gasteiger charge is -1.98. The van der Waals surface area contributed by atoms with E-state index in [9.17, 15) is 4.39 Å². The molecule has 0 saturated carbocycles. The van der Waals surface area contributed by atoms with Crippen LogP contribution in [-0.2, 0) is 0 Å². The lowest BCUT2D eigenvalue weighted by atomic mass is 10.1. The highest BCUT2D eigenvalue weighted by atomic mass is 19.1. The normalized spacial score (nSPS) is 9.22. The summed E-state index contributed by atoms with van der Waals surface area (Å²) < 4.78 is 11.9. The maximum atomic E-state index is 11.9. The molecule has 0 atom stereocenters. The summed E-state index contributed by atoms with van der Waals surface area (Å²) in [5, 5.41) is 0. The molecule has 0 spiro atoms. The van der Waals surface area contributed by atoms with Gasteiger partial charge in [-0.25, -0.2) is 4.39 Å². The van der Waals surface area contributed by atoms with Crippen LogP contribution in [0.3, 0.4) is 0 Å². The molecule has 0 saturated heterocycles. The van der Waals surface area contributed by atoms with Gasteiger partial charge in [0.15, 0.2) is 0 Å². The average molecular weight is 130 g/mol. The van der Waals surface area contributed by atoms with Crippen LogP contribution in [-0.4, -0.2) is 0 Å². The predicted octanol–water partition coefficient (Wildman–Crippen LogP) is 3.44. The number of hydrogen-bond donors (Lipinski definition) is 0. The Morgan fingerprint density at radius 3 is 1.89 bits per heavy atom. The first-order chi connectivity index (χ1) is 4.35. The summed E-state index contributed by atoms with van der Waals surface area (Å²) in [6.07, 6.45) is 4.70. The van der Waals surface area contributed by atoms with E-state index in [4.69, 9.17) is 0 Å². The van der Waals surface area contributed by atoms with Gasteiger partial charge in [-0.3, -0.25) is 0 Å². The zero-order valence-corrected chi connectivity index (χ0v) is 6.28. The van der Waals surface area contributed by atoms with Gasteiger partial charge in [0.2, 0.25) is 0 Å². The zero-order valence-electron chi connectivity index (χ0n) is 6.28. The standard InChI is InChI=1S/C8H15F/c1-3-5-8(7-9)6-4-2/h7H,3-6H2,1-2H3. The molecule has 0 heterocycles. The highest BCUT2D eigenvalue weighted by molar-refractivity contribution is 4.96. The maximum Gasteiger partial charge on any atom is 0.0858 e. The van der Waals surface area contributed by atoms with Crippen molar-refractivity contribution < 1.29 is 4.39 Å². The van der Waals surface area contributed by atoms with E-state index in [2.05, 4.69) is 13.8 Å². The fourth-order valence-electron chi connectivity index (χ4n) is 0.876. The molecule has 1 heteroatoms. The van der Waals surface area contributed by atoms with Crippen LogP contribution in [0.15, 0.2) is 11.9 Å². The monoisotopic (exact) mass is 130 g/mol. The number of halogens is 1. The summed E-state index contributed by atoms with van der Waals surface area (Å²) in [4.78, 5) is 0. The summed E-state index contributed by atoms with van der Waals surface area (Å²) in [5.74, 6) is 0. The van der Waals surface area contributed by atoms with E-state index in [0.717, 1.165) is 37.6 Å². The van der Waals surface area contributed by atoms with Gasteiger partial charge in [0.05, 0.1) is 6.33 Å². The Kier molecular flexibility index (Phi) is 5.59. The van der Waals surface area contributed by atoms with Crippen molar-refractivity contribution in [2.75, 3.05) is 0 Å². The number of rotatable bonds is 4. The van der Waals surface area contributed by atoms with Crippen LogP contribution in [0.25, 0.3) is 0 Å². The van der Waals surface area contributed by atoms with Crippen molar-refractivity contribution >= 4 is 0 Å². The topological polar surface area (TPSA) is 0 Å². The van der Waals surface area contributed by atoms with Gasteiger partial charge in [-0.15, -0.1) is 0 Å². The van der Waals surface area contributed by atoms with Crippen molar-refractivity contribution in [3.8, 4) is 0 Å². The number of hydrogen-bond acceptors (Lipinski definition) is 0. The summed E-state index contributed by atoms with van der Waals surface area (Å²) in [5.41, 5.74) is 0.958. The van der Waals surface area contributed by atoms with Gasteiger partial charge in [-0.1, -0.05) is 26.7 Å². The highest BCUT2D eigenvalue weighted by Crippen LogP contribution is 2.11. The zero-order chi connectivity index (χ0) is 7.11. The minimum Gasteiger partial charge on any atom is -0.216 e. The lowest BCUT2D eigenvalue weighted by molar-refractivity contribution is 0.674. The second kappa shape index (κ2) is 5.80. The van der Waals surface area contributed by atoms with Crippen LogP contribution in [0.1, 0.15) is 39.5 Å². The van der Waals surface area contributed by atoms with Crippen LogP contribution in [0.4, 0.5) is 4.39 Å². The molecule has 0 aliphatic heterocycles. The van der Waals surface area contributed by atoms with E-state index in [1.165, 1.54) is 0 Å². The van der Waals surface area contributed by atoms with Crippen molar-refractivity contribution in [2.45, 2.75) is 39.5 Å². The molecule has 0 aromatic rings. The molecule has 9 heavy (non-hydrogen) atoms. The molecule has 0 amide bonds.